The van der Waals surface area contributed by atoms with Crippen molar-refractivity contribution in [2.45, 2.75) is 81.3 Å². The normalized spacial score (nSPS) is 43.2. The van der Waals surface area contributed by atoms with Crippen LogP contribution in [0.2, 0.25) is 0 Å². The molecule has 0 radical (unpaired) electrons. The van der Waals surface area contributed by atoms with Gasteiger partial charge in [-0.05, 0) is 85.5 Å². The van der Waals surface area contributed by atoms with Gasteiger partial charge < -0.3 is 39.7 Å². The van der Waals surface area contributed by atoms with E-state index in [1.165, 1.54) is 11.1 Å². The zero-order valence-corrected chi connectivity index (χ0v) is 18.3. The minimum Gasteiger partial charge on any atom is -0.493 e. The van der Waals surface area contributed by atoms with Crippen molar-refractivity contribution in [1.82, 2.24) is 0 Å². The third-order valence-corrected chi connectivity index (χ3v) is 8.38. The van der Waals surface area contributed by atoms with Crippen LogP contribution in [0.25, 0.3) is 0 Å². The Morgan fingerprint density at radius 2 is 1.66 bits per heavy atom. The molecule has 1 aromatic carbocycles. The lowest BCUT2D eigenvalue weighted by Gasteiger charge is -2.45. The molecule has 1 aromatic rings. The number of methoxy groups -OCH3 is 1. The molecule has 3 fully saturated rings. The molecule has 1 saturated heterocycles. The molecule has 0 aromatic heterocycles. The van der Waals surface area contributed by atoms with E-state index in [1.54, 1.807) is 7.11 Å². The molecule has 178 valence electrons. The number of ether oxygens (including phenoxy) is 3. The highest BCUT2D eigenvalue weighted by Crippen LogP contribution is 2.56. The van der Waals surface area contributed by atoms with E-state index in [-0.39, 0.29) is 6.10 Å². The van der Waals surface area contributed by atoms with E-state index in [0.29, 0.717) is 35.2 Å². The van der Waals surface area contributed by atoms with Crippen molar-refractivity contribution in [2.75, 3.05) is 13.7 Å². The van der Waals surface area contributed by atoms with Crippen LogP contribution in [0.5, 0.6) is 11.5 Å². The maximum absolute atomic E-state index is 10.4. The fraction of sp³-hybridized carbons (Fsp3) is 0.750. The summed E-state index contributed by atoms with van der Waals surface area (Å²) in [5.74, 6) is 2.98. The number of fused-ring (bicyclic) bond motifs is 5. The molecule has 4 aliphatic rings. The average molecular weight is 451 g/mol. The Hall–Kier alpha value is -1.42. The van der Waals surface area contributed by atoms with Crippen LogP contribution in [0.1, 0.15) is 49.1 Å². The smallest absolute Gasteiger partial charge is 0.229 e. The van der Waals surface area contributed by atoms with Gasteiger partial charge in [0.05, 0.1) is 19.8 Å². The van der Waals surface area contributed by atoms with E-state index < -0.39 is 37.3 Å². The molecule has 8 nitrogen and oxygen atoms in total. The summed E-state index contributed by atoms with van der Waals surface area (Å²) in [5.41, 5.74) is 2.46. The maximum atomic E-state index is 10.4. The fourth-order valence-corrected chi connectivity index (χ4v) is 6.74. The Kier molecular flexibility index (Phi) is 6.11. The summed E-state index contributed by atoms with van der Waals surface area (Å²) in [6.45, 7) is -0.508. The van der Waals surface area contributed by atoms with Crippen LogP contribution in [-0.2, 0) is 11.2 Å². The van der Waals surface area contributed by atoms with Crippen LogP contribution in [0.4, 0.5) is 0 Å². The van der Waals surface area contributed by atoms with E-state index in [4.69, 9.17) is 14.2 Å². The lowest BCUT2D eigenvalue weighted by atomic mass is 9.60. The number of hydrogen-bond acceptors (Lipinski definition) is 8. The third kappa shape index (κ3) is 3.61. The summed E-state index contributed by atoms with van der Waals surface area (Å²) in [7, 11) is 1.56. The zero-order valence-electron chi connectivity index (χ0n) is 18.3. The molecule has 1 heterocycles. The predicted molar refractivity (Wildman–Crippen MR) is 113 cm³/mol. The Morgan fingerprint density at radius 3 is 2.41 bits per heavy atom. The highest BCUT2D eigenvalue weighted by atomic mass is 16.7. The van der Waals surface area contributed by atoms with Gasteiger partial charge in [0.1, 0.15) is 24.4 Å². The van der Waals surface area contributed by atoms with Crippen LogP contribution in [0, 0.1) is 17.8 Å². The second-order valence-corrected chi connectivity index (χ2v) is 9.88. The van der Waals surface area contributed by atoms with Crippen molar-refractivity contribution < 1.29 is 39.7 Å². The first-order valence-electron chi connectivity index (χ1n) is 11.8. The Morgan fingerprint density at radius 1 is 0.875 bits per heavy atom. The van der Waals surface area contributed by atoms with Crippen LogP contribution < -0.4 is 9.47 Å². The number of aliphatic hydroxyl groups excluding tert-OH is 5. The van der Waals surface area contributed by atoms with Crippen molar-refractivity contribution in [3.05, 3.63) is 23.3 Å². The molecular formula is C24H34O8. The Balaban J connectivity index is 1.40. The van der Waals surface area contributed by atoms with Gasteiger partial charge in [0.15, 0.2) is 11.5 Å². The summed E-state index contributed by atoms with van der Waals surface area (Å²) in [4.78, 5) is 0. The minimum absolute atomic E-state index is 0.147. The molecular weight excluding hydrogens is 416 g/mol. The van der Waals surface area contributed by atoms with Gasteiger partial charge in [-0.2, -0.15) is 0 Å². The number of benzene rings is 1. The second-order valence-electron chi connectivity index (χ2n) is 9.88. The number of aryl methyl sites for hydroxylation is 1. The monoisotopic (exact) mass is 450 g/mol. The second kappa shape index (κ2) is 8.74. The summed E-state index contributed by atoms with van der Waals surface area (Å²) in [6, 6.07) is 3.96. The molecule has 2 saturated carbocycles. The van der Waals surface area contributed by atoms with Crippen LogP contribution in [-0.4, -0.2) is 76.1 Å². The van der Waals surface area contributed by atoms with Crippen LogP contribution in [0.3, 0.4) is 0 Å². The molecule has 0 amide bonds. The number of hydrogen-bond donors (Lipinski definition) is 5. The van der Waals surface area contributed by atoms with Gasteiger partial charge in [-0.15, -0.1) is 0 Å². The topological polar surface area (TPSA) is 129 Å². The standard InChI is InChI=1S/C24H34O8/c1-30-18-9-16-11(2-3-12-13-6-7-17(26)15(13)5-4-14(12)16)8-19(18)31-24-23(29)22(28)21(27)20(10-25)32-24/h8-9,12-15,17,20-29H,2-7,10H2,1H3/t12?,13?,14?,15?,17?,20-,21-,22+,23-,24-/m1/s1. The number of aliphatic hydroxyl groups is 5. The fourth-order valence-electron chi connectivity index (χ4n) is 6.74. The van der Waals surface area contributed by atoms with E-state index in [1.807, 2.05) is 12.1 Å². The van der Waals surface area contributed by atoms with Crippen molar-refractivity contribution in [1.29, 1.82) is 0 Å². The summed E-state index contributed by atoms with van der Waals surface area (Å²) in [6.07, 6.45) is -0.685. The summed E-state index contributed by atoms with van der Waals surface area (Å²) >= 11 is 0. The first-order chi connectivity index (χ1) is 15.4. The van der Waals surface area contributed by atoms with Gasteiger partial charge in [0.2, 0.25) is 6.29 Å². The highest BCUT2D eigenvalue weighted by molar-refractivity contribution is 5.50. The van der Waals surface area contributed by atoms with Crippen LogP contribution >= 0.6 is 0 Å². The van der Waals surface area contributed by atoms with Crippen LogP contribution in [0.15, 0.2) is 12.1 Å². The molecule has 32 heavy (non-hydrogen) atoms. The molecule has 5 unspecified atom stereocenters. The molecule has 5 rings (SSSR count). The maximum Gasteiger partial charge on any atom is 0.229 e. The average Bonchev–Trinajstić information content (AvgIpc) is 3.19. The molecule has 0 spiro atoms. The van der Waals surface area contributed by atoms with E-state index in [9.17, 15) is 25.5 Å². The van der Waals surface area contributed by atoms with Gasteiger partial charge in [-0.1, -0.05) is 0 Å². The van der Waals surface area contributed by atoms with Gasteiger partial charge >= 0.3 is 0 Å². The molecule has 10 atom stereocenters. The highest BCUT2D eigenvalue weighted by Gasteiger charge is 2.48. The zero-order chi connectivity index (χ0) is 22.6. The van der Waals surface area contributed by atoms with E-state index in [0.717, 1.165) is 38.5 Å². The number of rotatable bonds is 4. The van der Waals surface area contributed by atoms with Gasteiger partial charge in [-0.25, -0.2) is 0 Å². The lowest BCUT2D eigenvalue weighted by Crippen LogP contribution is -2.60. The SMILES string of the molecule is COc1cc2c(cc1O[C@@H]1O[C@H](CO)[C@@H](O)[C@H](O)[C@H]1O)CCC1C2CCC2C(O)CCC21. The molecule has 0 bridgehead atoms. The Labute approximate surface area is 187 Å². The van der Waals surface area contributed by atoms with Crippen molar-refractivity contribution >= 4 is 0 Å². The molecule has 1 aliphatic heterocycles. The first kappa shape index (κ1) is 22.4. The lowest BCUT2D eigenvalue weighted by molar-refractivity contribution is -0.277. The largest absolute Gasteiger partial charge is 0.493 e. The van der Waals surface area contributed by atoms with Crippen molar-refractivity contribution in [3.8, 4) is 11.5 Å². The molecule has 5 N–H and O–H groups in total. The van der Waals surface area contributed by atoms with E-state index in [2.05, 4.69) is 0 Å². The van der Waals surface area contributed by atoms with Gasteiger partial charge in [-0.3, -0.25) is 0 Å². The summed E-state index contributed by atoms with van der Waals surface area (Å²) in [5, 5.41) is 50.2. The first-order valence-corrected chi connectivity index (χ1v) is 11.8. The Bertz CT molecular complexity index is 828. The van der Waals surface area contributed by atoms with Gasteiger partial charge in [0, 0.05) is 0 Å². The minimum atomic E-state index is -1.49. The molecule has 3 aliphatic carbocycles. The van der Waals surface area contributed by atoms with Crippen molar-refractivity contribution in [3.63, 3.8) is 0 Å². The summed E-state index contributed by atoms with van der Waals surface area (Å²) < 4.78 is 17.0. The van der Waals surface area contributed by atoms with E-state index >= 15 is 0 Å². The van der Waals surface area contributed by atoms with Crippen molar-refractivity contribution in [2.24, 2.45) is 17.8 Å². The quantitative estimate of drug-likeness (QED) is 0.454. The third-order valence-electron chi connectivity index (χ3n) is 8.38. The van der Waals surface area contributed by atoms with Gasteiger partial charge in [0.25, 0.3) is 0 Å². The molecule has 8 heteroatoms. The predicted octanol–water partition coefficient (Wildman–Crippen LogP) is 0.701.